The third-order valence-corrected chi connectivity index (χ3v) is 3.89. The van der Waals surface area contributed by atoms with Gasteiger partial charge in [-0.3, -0.25) is 0 Å². The molecular formula is C10H19NOS. The highest BCUT2D eigenvalue weighted by Gasteiger charge is 2.24. The molecule has 0 amide bonds. The number of hydrogen-bond acceptors (Lipinski definition) is 1. The Kier molecular flexibility index (Phi) is 3.30. The van der Waals surface area contributed by atoms with Crippen LogP contribution < -0.4 is 4.72 Å². The van der Waals surface area contributed by atoms with Crippen LogP contribution in [0.4, 0.5) is 0 Å². The van der Waals surface area contributed by atoms with E-state index in [1.54, 1.807) is 0 Å². The van der Waals surface area contributed by atoms with Crippen LogP contribution in [0.15, 0.2) is 11.6 Å². The Bertz CT molecular complexity index is 240. The summed E-state index contributed by atoms with van der Waals surface area (Å²) in [6.07, 6.45) is 4.43. The largest absolute Gasteiger partial charge is 0.242 e. The van der Waals surface area contributed by atoms with Gasteiger partial charge in [-0.2, -0.15) is 0 Å². The normalized spacial score (nSPS) is 25.8. The Morgan fingerprint density at radius 2 is 2.15 bits per heavy atom. The van der Waals surface area contributed by atoms with Gasteiger partial charge in [-0.05, 0) is 40.5 Å². The minimum atomic E-state index is -0.939. The lowest BCUT2D eigenvalue weighted by atomic mass is 10.2. The van der Waals surface area contributed by atoms with E-state index in [1.807, 2.05) is 20.8 Å². The van der Waals surface area contributed by atoms with Crippen LogP contribution in [0.5, 0.6) is 0 Å². The monoisotopic (exact) mass is 201 g/mol. The maximum atomic E-state index is 11.7. The zero-order valence-electron chi connectivity index (χ0n) is 8.89. The van der Waals surface area contributed by atoms with E-state index in [2.05, 4.69) is 17.7 Å². The number of nitrogens with one attached hydrogen (secondary N) is 1. The molecule has 0 aromatic carbocycles. The molecule has 0 fully saturated rings. The first-order valence-electron chi connectivity index (χ1n) is 4.76. The molecule has 0 aliphatic heterocycles. The number of hydrogen-bond donors (Lipinski definition) is 1. The smallest absolute Gasteiger partial charge is 0.0975 e. The maximum absolute atomic E-state index is 11.7. The molecule has 1 aliphatic carbocycles. The molecule has 3 heteroatoms. The van der Waals surface area contributed by atoms with Crippen LogP contribution in [0.25, 0.3) is 0 Å². The van der Waals surface area contributed by atoms with Gasteiger partial charge in [-0.15, -0.1) is 0 Å². The van der Waals surface area contributed by atoms with Crippen molar-refractivity contribution in [3.05, 3.63) is 11.6 Å². The molecule has 2 nitrogen and oxygen atoms in total. The van der Waals surface area contributed by atoms with Gasteiger partial charge in [0.15, 0.2) is 0 Å². The number of allylic oxidation sites excluding steroid dienone is 1. The van der Waals surface area contributed by atoms with Crippen molar-refractivity contribution in [3.8, 4) is 0 Å². The van der Waals surface area contributed by atoms with Crippen molar-refractivity contribution in [1.82, 2.24) is 4.72 Å². The van der Waals surface area contributed by atoms with E-state index in [4.69, 9.17) is 0 Å². The molecule has 0 heterocycles. The second kappa shape index (κ2) is 3.93. The molecule has 0 aromatic heterocycles. The van der Waals surface area contributed by atoms with Crippen LogP contribution in [0.3, 0.4) is 0 Å². The van der Waals surface area contributed by atoms with E-state index in [1.165, 1.54) is 5.57 Å². The van der Waals surface area contributed by atoms with E-state index in [-0.39, 0.29) is 4.75 Å². The summed E-state index contributed by atoms with van der Waals surface area (Å²) >= 11 is 0. The first kappa shape index (κ1) is 10.9. The molecule has 76 valence electrons. The summed E-state index contributed by atoms with van der Waals surface area (Å²) < 4.78 is 14.7. The van der Waals surface area contributed by atoms with Crippen molar-refractivity contribution in [1.29, 1.82) is 0 Å². The third-order valence-electron chi connectivity index (χ3n) is 2.28. The minimum Gasteiger partial charge on any atom is -0.242 e. The molecule has 1 rings (SSSR count). The van der Waals surface area contributed by atoms with Gasteiger partial charge in [0.25, 0.3) is 0 Å². The van der Waals surface area contributed by atoms with Crippen LogP contribution in [0, 0.1) is 0 Å². The molecule has 2 atom stereocenters. The third kappa shape index (κ3) is 2.92. The summed E-state index contributed by atoms with van der Waals surface area (Å²) in [5.74, 6) is 0. The van der Waals surface area contributed by atoms with Crippen LogP contribution in [0.2, 0.25) is 0 Å². The number of rotatable bonds is 2. The lowest BCUT2D eigenvalue weighted by Crippen LogP contribution is -2.39. The average molecular weight is 201 g/mol. The summed E-state index contributed by atoms with van der Waals surface area (Å²) in [4.78, 5) is 0. The van der Waals surface area contributed by atoms with E-state index < -0.39 is 11.0 Å². The van der Waals surface area contributed by atoms with Crippen LogP contribution in [-0.4, -0.2) is 15.0 Å². The molecule has 0 saturated carbocycles. The lowest BCUT2D eigenvalue weighted by molar-refractivity contribution is 0.610. The molecule has 0 aromatic rings. The van der Waals surface area contributed by atoms with Gasteiger partial charge in [0.05, 0.1) is 15.7 Å². The van der Waals surface area contributed by atoms with Gasteiger partial charge < -0.3 is 0 Å². The zero-order valence-corrected chi connectivity index (χ0v) is 9.70. The molecule has 0 unspecified atom stereocenters. The van der Waals surface area contributed by atoms with Gasteiger partial charge in [-0.1, -0.05) is 11.6 Å². The van der Waals surface area contributed by atoms with Crippen molar-refractivity contribution in [2.45, 2.75) is 51.3 Å². The summed E-state index contributed by atoms with van der Waals surface area (Å²) in [6, 6.07) is 0.333. The van der Waals surface area contributed by atoms with Gasteiger partial charge in [0, 0.05) is 6.04 Å². The highest BCUT2D eigenvalue weighted by Crippen LogP contribution is 2.20. The molecule has 0 spiro atoms. The summed E-state index contributed by atoms with van der Waals surface area (Å²) in [5, 5.41) is 0. The topological polar surface area (TPSA) is 29.1 Å². The molecule has 1 aliphatic rings. The molecule has 13 heavy (non-hydrogen) atoms. The Morgan fingerprint density at radius 3 is 2.54 bits per heavy atom. The molecule has 1 N–H and O–H groups in total. The second-order valence-electron chi connectivity index (χ2n) is 4.58. The lowest BCUT2D eigenvalue weighted by Gasteiger charge is -2.22. The Morgan fingerprint density at radius 1 is 1.54 bits per heavy atom. The zero-order chi connectivity index (χ0) is 10.1. The molecular weight excluding hydrogens is 182 g/mol. The summed E-state index contributed by atoms with van der Waals surface area (Å²) in [6.45, 7) is 8.07. The first-order valence-corrected chi connectivity index (χ1v) is 5.91. The van der Waals surface area contributed by atoms with Crippen LogP contribution >= 0.6 is 0 Å². The predicted molar refractivity (Wildman–Crippen MR) is 57.8 cm³/mol. The quantitative estimate of drug-likeness (QED) is 0.681. The van der Waals surface area contributed by atoms with E-state index in [0.29, 0.717) is 6.04 Å². The molecule has 0 bridgehead atoms. The van der Waals surface area contributed by atoms with Gasteiger partial charge in [0.2, 0.25) is 0 Å². The fourth-order valence-corrected chi connectivity index (χ4v) is 2.22. The fourth-order valence-electron chi connectivity index (χ4n) is 1.31. The SMILES string of the molecule is CC1=CCC[C@H]1N[S@](=O)C(C)(C)C. The van der Waals surface area contributed by atoms with E-state index in [0.717, 1.165) is 12.8 Å². The van der Waals surface area contributed by atoms with Gasteiger partial charge in [0.1, 0.15) is 0 Å². The Hall–Kier alpha value is -0.150. The molecule has 0 radical (unpaired) electrons. The van der Waals surface area contributed by atoms with Gasteiger partial charge in [-0.25, -0.2) is 8.93 Å². The van der Waals surface area contributed by atoms with Crippen LogP contribution in [0.1, 0.15) is 40.5 Å². The fraction of sp³-hybridized carbons (Fsp3) is 0.800. The van der Waals surface area contributed by atoms with Crippen molar-refractivity contribution >= 4 is 11.0 Å². The van der Waals surface area contributed by atoms with Crippen molar-refractivity contribution in [2.24, 2.45) is 0 Å². The molecule has 0 saturated heterocycles. The minimum absolute atomic E-state index is 0.164. The van der Waals surface area contributed by atoms with Crippen molar-refractivity contribution < 1.29 is 4.21 Å². The maximum Gasteiger partial charge on any atom is 0.0975 e. The van der Waals surface area contributed by atoms with Crippen molar-refractivity contribution in [3.63, 3.8) is 0 Å². The van der Waals surface area contributed by atoms with Crippen LogP contribution in [-0.2, 0) is 11.0 Å². The second-order valence-corrected chi connectivity index (χ2v) is 6.57. The Balaban J connectivity index is 2.51. The summed E-state index contributed by atoms with van der Waals surface area (Å²) in [5.41, 5.74) is 1.33. The highest BCUT2D eigenvalue weighted by molar-refractivity contribution is 7.84. The Labute approximate surface area is 83.4 Å². The summed E-state index contributed by atoms with van der Waals surface area (Å²) in [7, 11) is -0.939. The average Bonchev–Trinajstić information content (AvgIpc) is 2.34. The van der Waals surface area contributed by atoms with Crippen molar-refractivity contribution in [2.75, 3.05) is 0 Å². The van der Waals surface area contributed by atoms with E-state index in [9.17, 15) is 4.21 Å². The standard InChI is InChI=1S/C10H19NOS/c1-8-6-5-7-9(8)11-13(12)10(2,3)4/h6,9,11H,5,7H2,1-4H3/t9-,13-/m1/s1. The predicted octanol–water partition coefficient (Wildman–Crippen LogP) is 2.15. The highest BCUT2D eigenvalue weighted by atomic mass is 32.2. The first-order chi connectivity index (χ1) is 5.91. The van der Waals surface area contributed by atoms with E-state index >= 15 is 0 Å². The van der Waals surface area contributed by atoms with Gasteiger partial charge >= 0.3 is 0 Å².